The van der Waals surface area contributed by atoms with Gasteiger partial charge in [0.25, 0.3) is 0 Å². The first-order valence-electron chi connectivity index (χ1n) is 13.9. The molecule has 1 amide bonds. The van der Waals surface area contributed by atoms with Crippen LogP contribution in [0.2, 0.25) is 0 Å². The van der Waals surface area contributed by atoms with Gasteiger partial charge in [-0.15, -0.1) is 0 Å². The van der Waals surface area contributed by atoms with Gasteiger partial charge < -0.3 is 20.7 Å². The summed E-state index contributed by atoms with van der Waals surface area (Å²) in [6.45, 7) is 2.37. The van der Waals surface area contributed by atoms with Crippen molar-refractivity contribution in [2.45, 2.75) is 56.7 Å². The van der Waals surface area contributed by atoms with Crippen LogP contribution in [0.5, 0.6) is 11.5 Å². The molecule has 1 saturated heterocycles. The highest BCUT2D eigenvalue weighted by Gasteiger charge is 2.69. The number of methoxy groups -OCH3 is 1. The zero-order valence-electron chi connectivity index (χ0n) is 23.1. The molecular formula is C29H37N3O8. The molecule has 216 valence electrons. The van der Waals surface area contributed by atoms with Crippen LogP contribution < -0.4 is 10.5 Å². The normalized spacial score (nSPS) is 32.8. The highest BCUT2D eigenvalue weighted by atomic mass is 16.5. The quantitative estimate of drug-likeness (QED) is 0.429. The lowest BCUT2D eigenvalue weighted by molar-refractivity contribution is -0.181. The number of ether oxygens (including phenoxy) is 1. The average molecular weight is 556 g/mol. The lowest BCUT2D eigenvalue weighted by atomic mass is 9.52. The number of likely N-dealkylation sites (N-methyl/N-ethyl adjacent to an activating group) is 1. The standard InChI is InChI=1S/C29H37N3O8/c1-31(2)22-17-11-14-10-16-20(18(33)12-15(25(16)40-3)13-32-8-6-4-5-7-9-32)23(34)19(14)26(36)29(17,39)27(37)21(24(22)35)28(30)38/h12,14,17,19,21-22,33,39H,4-11,13H2,1-3H3,(H2,30,38)/t14-,17-,19?,21?,22-,29-/m0/s1. The molecule has 1 aromatic carbocycles. The maximum atomic E-state index is 13.9. The molecule has 0 bridgehead atoms. The summed E-state index contributed by atoms with van der Waals surface area (Å²) >= 11 is 0. The SMILES string of the molecule is COc1c(CN2CCCCCC2)cc(O)c2c1C[C@H]1C[C@H]3[C@H](N(C)C)C(=O)C(C(N)=O)C(=O)[C@@]3(O)C(=O)C1C2=O. The van der Waals surface area contributed by atoms with Crippen molar-refractivity contribution < 1.29 is 38.9 Å². The predicted molar refractivity (Wildman–Crippen MR) is 142 cm³/mol. The molecule has 4 N–H and O–H groups in total. The molecule has 3 aliphatic carbocycles. The maximum absolute atomic E-state index is 13.9. The maximum Gasteiger partial charge on any atom is 0.235 e. The largest absolute Gasteiger partial charge is 0.507 e. The van der Waals surface area contributed by atoms with Gasteiger partial charge in [-0.1, -0.05) is 12.8 Å². The van der Waals surface area contributed by atoms with E-state index in [9.17, 15) is 34.2 Å². The van der Waals surface area contributed by atoms with Crippen molar-refractivity contribution in [3.05, 3.63) is 22.8 Å². The topological polar surface area (TPSA) is 168 Å². The van der Waals surface area contributed by atoms with Gasteiger partial charge in [-0.05, 0) is 64.9 Å². The molecule has 4 aliphatic rings. The van der Waals surface area contributed by atoms with E-state index in [1.54, 1.807) is 14.1 Å². The Morgan fingerprint density at radius 1 is 1.12 bits per heavy atom. The monoisotopic (exact) mass is 555 g/mol. The molecule has 0 spiro atoms. The van der Waals surface area contributed by atoms with Gasteiger partial charge in [-0.3, -0.25) is 33.8 Å². The van der Waals surface area contributed by atoms with E-state index in [1.165, 1.54) is 30.9 Å². The molecule has 11 nitrogen and oxygen atoms in total. The average Bonchev–Trinajstić information content (AvgIpc) is 3.14. The first kappa shape index (κ1) is 28.4. The predicted octanol–water partition coefficient (Wildman–Crippen LogP) is 0.252. The fraction of sp³-hybridized carbons (Fsp3) is 0.621. The van der Waals surface area contributed by atoms with Crippen LogP contribution in [-0.2, 0) is 32.1 Å². The Hall–Kier alpha value is -3.15. The summed E-state index contributed by atoms with van der Waals surface area (Å²) in [6.07, 6.45) is 4.67. The molecule has 2 unspecified atom stereocenters. The number of aliphatic hydroxyl groups is 1. The number of amides is 1. The summed E-state index contributed by atoms with van der Waals surface area (Å²) in [5.41, 5.74) is 3.80. The Labute approximate surface area is 232 Å². The van der Waals surface area contributed by atoms with Crippen molar-refractivity contribution in [3.63, 3.8) is 0 Å². The van der Waals surface area contributed by atoms with Crippen LogP contribution in [0.25, 0.3) is 0 Å². The Bertz CT molecular complexity index is 1280. The van der Waals surface area contributed by atoms with Gasteiger partial charge in [0.05, 0.1) is 24.6 Å². The van der Waals surface area contributed by atoms with Crippen molar-refractivity contribution in [3.8, 4) is 11.5 Å². The molecule has 1 aromatic rings. The number of ketones is 4. The van der Waals surface area contributed by atoms with Gasteiger partial charge in [0.15, 0.2) is 34.7 Å². The third-order valence-corrected chi connectivity index (χ3v) is 9.39. The summed E-state index contributed by atoms with van der Waals surface area (Å²) in [7, 11) is 4.63. The molecule has 0 radical (unpaired) electrons. The number of benzene rings is 1. The van der Waals surface area contributed by atoms with Crippen LogP contribution in [0, 0.1) is 23.7 Å². The highest BCUT2D eigenvalue weighted by Crippen LogP contribution is 2.52. The van der Waals surface area contributed by atoms with E-state index in [0.29, 0.717) is 17.9 Å². The van der Waals surface area contributed by atoms with Crippen molar-refractivity contribution in [1.82, 2.24) is 9.80 Å². The molecule has 5 rings (SSSR count). The third-order valence-electron chi connectivity index (χ3n) is 9.39. The van der Waals surface area contributed by atoms with E-state index in [-0.39, 0.29) is 24.2 Å². The number of carbonyl (C=O) groups excluding carboxylic acids is 5. The van der Waals surface area contributed by atoms with Gasteiger partial charge in [0.2, 0.25) is 5.91 Å². The lowest BCUT2D eigenvalue weighted by Gasteiger charge is -2.52. The van der Waals surface area contributed by atoms with E-state index >= 15 is 0 Å². The van der Waals surface area contributed by atoms with Crippen LogP contribution >= 0.6 is 0 Å². The van der Waals surface area contributed by atoms with Gasteiger partial charge in [-0.2, -0.15) is 0 Å². The number of hydrogen-bond acceptors (Lipinski definition) is 10. The summed E-state index contributed by atoms with van der Waals surface area (Å²) in [5, 5.41) is 22.7. The smallest absolute Gasteiger partial charge is 0.235 e. The molecular weight excluding hydrogens is 518 g/mol. The number of nitrogens with two attached hydrogens (primary N) is 1. The number of phenolic OH excluding ortho intramolecular Hbond substituents is 1. The number of fused-ring (bicyclic) bond motifs is 3. The first-order valence-corrected chi connectivity index (χ1v) is 13.9. The van der Waals surface area contributed by atoms with Gasteiger partial charge in [-0.25, -0.2) is 0 Å². The number of hydrogen-bond donors (Lipinski definition) is 3. The van der Waals surface area contributed by atoms with Gasteiger partial charge in [0.1, 0.15) is 11.5 Å². The molecule has 40 heavy (non-hydrogen) atoms. The summed E-state index contributed by atoms with van der Waals surface area (Å²) < 4.78 is 5.79. The lowest BCUT2D eigenvalue weighted by Crippen LogP contribution is -2.74. The molecule has 0 aromatic heterocycles. The van der Waals surface area contributed by atoms with Crippen molar-refractivity contribution in [2.24, 2.45) is 29.4 Å². The molecule has 11 heteroatoms. The molecule has 1 heterocycles. The van der Waals surface area contributed by atoms with E-state index in [1.807, 2.05) is 0 Å². The number of nitrogens with zero attached hydrogens (tertiary/aromatic N) is 2. The molecule has 6 atom stereocenters. The molecule has 1 aliphatic heterocycles. The fourth-order valence-corrected chi connectivity index (χ4v) is 7.62. The minimum Gasteiger partial charge on any atom is -0.507 e. The number of Topliss-reactive ketones (excluding diaryl/α,β-unsaturated/α-hetero) is 4. The number of carbonyl (C=O) groups is 5. The van der Waals surface area contributed by atoms with Crippen LogP contribution in [0.3, 0.4) is 0 Å². The Morgan fingerprint density at radius 2 is 1.77 bits per heavy atom. The minimum atomic E-state index is -2.73. The second-order valence-electron chi connectivity index (χ2n) is 11.9. The Kier molecular flexibility index (Phi) is 7.35. The number of likely N-dealkylation sites (tertiary alicyclic amines) is 1. The Morgan fingerprint density at radius 3 is 2.35 bits per heavy atom. The van der Waals surface area contributed by atoms with Gasteiger partial charge in [0, 0.05) is 23.6 Å². The highest BCUT2D eigenvalue weighted by molar-refractivity contribution is 6.32. The third kappa shape index (κ3) is 4.17. The molecule has 3 fully saturated rings. The van der Waals surface area contributed by atoms with Crippen molar-refractivity contribution >= 4 is 29.0 Å². The van der Waals surface area contributed by atoms with E-state index in [2.05, 4.69) is 4.90 Å². The van der Waals surface area contributed by atoms with E-state index in [0.717, 1.165) is 31.5 Å². The van der Waals surface area contributed by atoms with Crippen LogP contribution in [0.1, 0.15) is 53.6 Å². The van der Waals surface area contributed by atoms with Crippen LogP contribution in [0.4, 0.5) is 0 Å². The minimum absolute atomic E-state index is 0.00413. The zero-order chi connectivity index (χ0) is 29.1. The second-order valence-corrected chi connectivity index (χ2v) is 11.9. The summed E-state index contributed by atoms with van der Waals surface area (Å²) in [4.78, 5) is 70.3. The van der Waals surface area contributed by atoms with Crippen LogP contribution in [-0.4, -0.2) is 95.0 Å². The van der Waals surface area contributed by atoms with E-state index in [4.69, 9.17) is 10.5 Å². The van der Waals surface area contributed by atoms with E-state index < -0.39 is 64.4 Å². The second kappa shape index (κ2) is 10.4. The number of rotatable bonds is 5. The number of primary amides is 1. The van der Waals surface area contributed by atoms with Crippen LogP contribution in [0.15, 0.2) is 6.07 Å². The Balaban J connectivity index is 1.58. The van der Waals surface area contributed by atoms with Crippen molar-refractivity contribution in [2.75, 3.05) is 34.3 Å². The first-order chi connectivity index (χ1) is 18.9. The summed E-state index contributed by atoms with van der Waals surface area (Å²) in [6, 6.07) is 0.368. The van der Waals surface area contributed by atoms with Gasteiger partial charge >= 0.3 is 0 Å². The fourth-order valence-electron chi connectivity index (χ4n) is 7.62. The summed E-state index contributed by atoms with van der Waals surface area (Å²) in [5.74, 6) is -10.1. The number of phenols is 1. The zero-order valence-corrected chi connectivity index (χ0v) is 23.1. The van der Waals surface area contributed by atoms with Crippen molar-refractivity contribution in [1.29, 1.82) is 0 Å². The molecule has 2 saturated carbocycles. The number of aromatic hydroxyl groups is 1.